The van der Waals surface area contributed by atoms with Crippen LogP contribution in [-0.2, 0) is 31.0 Å². The molecule has 3 aromatic rings. The van der Waals surface area contributed by atoms with Crippen LogP contribution >= 0.6 is 0 Å². The lowest BCUT2D eigenvalue weighted by molar-refractivity contribution is 0.0747. The molecule has 0 saturated carbocycles. The van der Waals surface area contributed by atoms with Gasteiger partial charge in [-0.3, -0.25) is 4.79 Å². The minimum absolute atomic E-state index is 0.0586. The first-order valence-electron chi connectivity index (χ1n) is 11.5. The van der Waals surface area contributed by atoms with Crippen molar-refractivity contribution in [2.24, 2.45) is 0 Å². The molecule has 34 heavy (non-hydrogen) atoms. The van der Waals surface area contributed by atoms with E-state index in [2.05, 4.69) is 31.3 Å². The maximum Gasteiger partial charge on any atom is 0.407 e. The van der Waals surface area contributed by atoms with Crippen LogP contribution in [-0.4, -0.2) is 24.0 Å². The molecular weight excluding hydrogens is 428 g/mol. The van der Waals surface area contributed by atoms with Crippen LogP contribution < -0.4 is 10.1 Å². The molecule has 0 fully saturated rings. The van der Waals surface area contributed by atoms with E-state index in [4.69, 9.17) is 9.47 Å². The number of alkyl carbamates (subject to hydrolysis) is 1. The summed E-state index contributed by atoms with van der Waals surface area (Å²) in [4.78, 5) is 27.5. The number of carbonyl (C=O) groups excluding carboxylic acids is 2. The van der Waals surface area contributed by atoms with Crippen LogP contribution in [0.15, 0.2) is 66.7 Å². The Morgan fingerprint density at radius 3 is 2.24 bits per heavy atom. The molecule has 1 aliphatic heterocycles. The second-order valence-corrected chi connectivity index (χ2v) is 8.75. The first-order valence-corrected chi connectivity index (χ1v) is 11.5. The minimum Gasteiger partial charge on any atom is -0.496 e. The molecule has 3 aromatic carbocycles. The number of hydrogen-bond donors (Lipinski definition) is 1. The molecule has 0 saturated heterocycles. The Labute approximate surface area is 200 Å². The SMILES string of the molecule is COc1cc(CNC(=O)OCc2ccccc2)c(C(C)C)cc1C(=O)N1Cc2ccccc2C1. The summed E-state index contributed by atoms with van der Waals surface area (Å²) in [6.07, 6.45) is -0.493. The first kappa shape index (κ1) is 23.4. The Balaban J connectivity index is 1.48. The van der Waals surface area contributed by atoms with E-state index in [9.17, 15) is 9.59 Å². The summed E-state index contributed by atoms with van der Waals surface area (Å²) in [7, 11) is 1.56. The molecule has 6 heteroatoms. The van der Waals surface area contributed by atoms with Crippen molar-refractivity contribution in [2.45, 2.75) is 46.0 Å². The molecule has 4 rings (SSSR count). The van der Waals surface area contributed by atoms with Crippen molar-refractivity contribution in [2.75, 3.05) is 7.11 Å². The van der Waals surface area contributed by atoms with Crippen LogP contribution in [0.3, 0.4) is 0 Å². The quantitative estimate of drug-likeness (QED) is 0.515. The third-order valence-electron chi connectivity index (χ3n) is 6.08. The largest absolute Gasteiger partial charge is 0.496 e. The maximum absolute atomic E-state index is 13.4. The molecule has 0 aliphatic carbocycles. The average molecular weight is 459 g/mol. The molecule has 0 bridgehead atoms. The smallest absolute Gasteiger partial charge is 0.407 e. The Morgan fingerprint density at radius 1 is 0.971 bits per heavy atom. The third kappa shape index (κ3) is 5.22. The normalized spacial score (nSPS) is 12.4. The van der Waals surface area contributed by atoms with Gasteiger partial charge in [-0.25, -0.2) is 4.79 Å². The summed E-state index contributed by atoms with van der Waals surface area (Å²) < 4.78 is 10.9. The van der Waals surface area contributed by atoms with Crippen LogP contribution in [0.4, 0.5) is 4.79 Å². The lowest BCUT2D eigenvalue weighted by atomic mass is 9.93. The molecule has 0 atom stereocenters. The Bertz CT molecular complexity index is 1150. The summed E-state index contributed by atoms with van der Waals surface area (Å²) in [5.74, 6) is 0.599. The predicted octanol–water partition coefficient (Wildman–Crippen LogP) is 5.40. The molecule has 1 heterocycles. The van der Waals surface area contributed by atoms with Gasteiger partial charge in [0.05, 0.1) is 12.7 Å². The van der Waals surface area contributed by atoms with E-state index in [0.29, 0.717) is 24.4 Å². The lowest BCUT2D eigenvalue weighted by Crippen LogP contribution is -2.27. The highest BCUT2D eigenvalue weighted by molar-refractivity contribution is 5.97. The van der Waals surface area contributed by atoms with Gasteiger partial charge in [0.15, 0.2) is 0 Å². The second-order valence-electron chi connectivity index (χ2n) is 8.75. The van der Waals surface area contributed by atoms with E-state index in [1.165, 1.54) is 11.1 Å². The Kier molecular flexibility index (Phi) is 7.16. The molecule has 1 N–H and O–H groups in total. The number of benzene rings is 3. The van der Waals surface area contributed by atoms with Crippen molar-refractivity contribution >= 4 is 12.0 Å². The molecule has 0 radical (unpaired) electrons. The number of fused-ring (bicyclic) bond motifs is 1. The number of amides is 2. The zero-order chi connectivity index (χ0) is 24.1. The van der Waals surface area contributed by atoms with Gasteiger partial charge in [0, 0.05) is 19.6 Å². The van der Waals surface area contributed by atoms with E-state index in [0.717, 1.165) is 16.7 Å². The minimum atomic E-state index is -0.493. The van der Waals surface area contributed by atoms with Crippen LogP contribution in [0.25, 0.3) is 0 Å². The lowest BCUT2D eigenvalue weighted by Gasteiger charge is -2.21. The zero-order valence-corrected chi connectivity index (χ0v) is 19.8. The Morgan fingerprint density at radius 2 is 1.62 bits per heavy atom. The number of nitrogens with zero attached hydrogens (tertiary/aromatic N) is 1. The Hall–Kier alpha value is -3.80. The van der Waals surface area contributed by atoms with Crippen molar-refractivity contribution in [1.29, 1.82) is 0 Å². The summed E-state index contributed by atoms with van der Waals surface area (Å²) >= 11 is 0. The average Bonchev–Trinajstić information content (AvgIpc) is 3.30. The molecule has 0 spiro atoms. The van der Waals surface area contributed by atoms with Gasteiger partial charge in [-0.1, -0.05) is 68.4 Å². The monoisotopic (exact) mass is 458 g/mol. The van der Waals surface area contributed by atoms with Gasteiger partial charge in [0.1, 0.15) is 12.4 Å². The predicted molar refractivity (Wildman–Crippen MR) is 131 cm³/mol. The summed E-state index contributed by atoms with van der Waals surface area (Å²) in [6, 6.07) is 21.4. The number of nitrogens with one attached hydrogen (secondary N) is 1. The first-order chi connectivity index (χ1) is 16.5. The van der Waals surface area contributed by atoms with E-state index in [1.807, 2.05) is 59.5 Å². The van der Waals surface area contributed by atoms with E-state index in [-0.39, 0.29) is 25.0 Å². The molecular formula is C28H30N2O4. The van der Waals surface area contributed by atoms with Gasteiger partial charge < -0.3 is 19.7 Å². The van der Waals surface area contributed by atoms with Crippen LogP contribution in [0, 0.1) is 0 Å². The highest BCUT2D eigenvalue weighted by Gasteiger charge is 2.27. The second kappa shape index (κ2) is 10.4. The van der Waals surface area contributed by atoms with Crippen molar-refractivity contribution < 1.29 is 19.1 Å². The standard InChI is InChI=1S/C28H30N2O4/c1-19(2)24-14-25(27(31)30-16-21-11-7-8-12-22(21)17-30)26(33-3)13-23(24)15-29-28(32)34-18-20-9-5-4-6-10-20/h4-14,19H,15-18H2,1-3H3,(H,29,32). The van der Waals surface area contributed by atoms with Gasteiger partial charge >= 0.3 is 6.09 Å². The molecule has 176 valence electrons. The maximum atomic E-state index is 13.4. The van der Waals surface area contributed by atoms with E-state index in [1.54, 1.807) is 7.11 Å². The zero-order valence-electron chi connectivity index (χ0n) is 19.8. The fourth-order valence-electron chi connectivity index (χ4n) is 4.25. The molecule has 1 aliphatic rings. The number of rotatable bonds is 7. The summed E-state index contributed by atoms with van der Waals surface area (Å²) in [5.41, 5.74) is 5.69. The number of carbonyl (C=O) groups is 2. The van der Waals surface area contributed by atoms with Crippen molar-refractivity contribution in [1.82, 2.24) is 10.2 Å². The fourth-order valence-corrected chi connectivity index (χ4v) is 4.25. The summed E-state index contributed by atoms with van der Waals surface area (Å²) in [6.45, 7) is 5.80. The number of methoxy groups -OCH3 is 1. The van der Waals surface area contributed by atoms with Gasteiger partial charge in [0.2, 0.25) is 0 Å². The van der Waals surface area contributed by atoms with Crippen LogP contribution in [0.2, 0.25) is 0 Å². The third-order valence-corrected chi connectivity index (χ3v) is 6.08. The highest BCUT2D eigenvalue weighted by Crippen LogP contribution is 2.32. The molecule has 0 unspecified atom stereocenters. The van der Waals surface area contributed by atoms with Gasteiger partial charge in [0.25, 0.3) is 5.91 Å². The van der Waals surface area contributed by atoms with Crippen molar-refractivity contribution in [3.05, 3.63) is 100 Å². The van der Waals surface area contributed by atoms with Crippen LogP contribution in [0.1, 0.15) is 57.9 Å². The molecule has 0 aromatic heterocycles. The number of ether oxygens (including phenoxy) is 2. The molecule has 6 nitrogen and oxygen atoms in total. The van der Waals surface area contributed by atoms with E-state index >= 15 is 0 Å². The van der Waals surface area contributed by atoms with Crippen molar-refractivity contribution in [3.8, 4) is 5.75 Å². The summed E-state index contributed by atoms with van der Waals surface area (Å²) in [5, 5.41) is 2.82. The fraction of sp³-hybridized carbons (Fsp3) is 0.286. The number of hydrogen-bond acceptors (Lipinski definition) is 4. The highest BCUT2D eigenvalue weighted by atomic mass is 16.5. The van der Waals surface area contributed by atoms with Crippen molar-refractivity contribution in [3.63, 3.8) is 0 Å². The van der Waals surface area contributed by atoms with E-state index < -0.39 is 6.09 Å². The van der Waals surface area contributed by atoms with Crippen LogP contribution in [0.5, 0.6) is 5.75 Å². The molecule has 2 amide bonds. The van der Waals surface area contributed by atoms with Gasteiger partial charge in [-0.05, 0) is 45.9 Å². The van der Waals surface area contributed by atoms with Gasteiger partial charge in [-0.2, -0.15) is 0 Å². The van der Waals surface area contributed by atoms with Gasteiger partial charge in [-0.15, -0.1) is 0 Å². The topological polar surface area (TPSA) is 67.9 Å².